The first kappa shape index (κ1) is 10.1. The number of aliphatic hydroxyl groups is 1. The highest BCUT2D eigenvalue weighted by Gasteiger charge is 2.03. The number of aliphatic hydroxyl groups excluding tert-OH is 1. The molecule has 1 aromatic rings. The zero-order valence-electron chi connectivity index (χ0n) is 8.49. The lowest BCUT2D eigenvalue weighted by molar-refractivity contribution is 0.282. The van der Waals surface area contributed by atoms with Crippen LogP contribution in [0, 0.1) is 0 Å². The number of rotatable bonds is 3. The Morgan fingerprint density at radius 1 is 1.23 bits per heavy atom. The van der Waals surface area contributed by atoms with E-state index in [0.717, 1.165) is 5.56 Å². The van der Waals surface area contributed by atoms with Gasteiger partial charge >= 0.3 is 0 Å². The third kappa shape index (κ3) is 2.46. The van der Waals surface area contributed by atoms with Gasteiger partial charge in [0.1, 0.15) is 0 Å². The molecule has 0 aromatic heterocycles. The number of benzene rings is 1. The van der Waals surface area contributed by atoms with Gasteiger partial charge in [-0.3, -0.25) is 0 Å². The van der Waals surface area contributed by atoms with E-state index in [0.29, 0.717) is 6.04 Å². The zero-order chi connectivity index (χ0) is 9.84. The van der Waals surface area contributed by atoms with Gasteiger partial charge in [0.2, 0.25) is 0 Å². The Morgan fingerprint density at radius 3 is 2.15 bits per heavy atom. The maximum absolute atomic E-state index is 8.86. The maximum Gasteiger partial charge on any atom is 0.0681 e. The van der Waals surface area contributed by atoms with Gasteiger partial charge in [0, 0.05) is 18.8 Å². The fourth-order valence-electron chi connectivity index (χ4n) is 1.13. The lowest BCUT2D eigenvalue weighted by Gasteiger charge is -2.23. The molecule has 0 aliphatic carbocycles. The minimum atomic E-state index is 0.117. The molecule has 0 radical (unpaired) electrons. The van der Waals surface area contributed by atoms with Gasteiger partial charge in [-0.25, -0.2) is 0 Å². The molecule has 0 heterocycles. The molecule has 0 unspecified atom stereocenters. The Kier molecular flexibility index (Phi) is 3.32. The lowest BCUT2D eigenvalue weighted by atomic mass is 10.2. The summed E-state index contributed by atoms with van der Waals surface area (Å²) in [6, 6.07) is 8.47. The Hall–Kier alpha value is -1.02. The first-order valence-electron chi connectivity index (χ1n) is 4.57. The van der Waals surface area contributed by atoms with Gasteiger partial charge in [-0.15, -0.1) is 0 Å². The van der Waals surface area contributed by atoms with Crippen molar-refractivity contribution < 1.29 is 5.11 Å². The molecule has 0 aliphatic heterocycles. The van der Waals surface area contributed by atoms with E-state index in [1.807, 2.05) is 24.3 Å². The van der Waals surface area contributed by atoms with Crippen LogP contribution in [0.25, 0.3) is 0 Å². The fourth-order valence-corrected chi connectivity index (χ4v) is 1.13. The fraction of sp³-hybridized carbons (Fsp3) is 0.455. The summed E-state index contributed by atoms with van der Waals surface area (Å²) in [6.07, 6.45) is 0. The molecule has 2 nitrogen and oxygen atoms in total. The van der Waals surface area contributed by atoms with E-state index in [2.05, 4.69) is 25.8 Å². The molecule has 0 amide bonds. The molecular weight excluding hydrogens is 162 g/mol. The molecular formula is C11H17NO. The Labute approximate surface area is 79.8 Å². The standard InChI is InChI=1S/C11H17NO/c1-9(2)12(3)11-6-4-10(8-13)5-7-11/h4-7,9,13H,8H2,1-3H3. The largest absolute Gasteiger partial charge is 0.392 e. The quantitative estimate of drug-likeness (QED) is 0.767. The van der Waals surface area contributed by atoms with E-state index in [9.17, 15) is 0 Å². The zero-order valence-corrected chi connectivity index (χ0v) is 8.49. The van der Waals surface area contributed by atoms with Gasteiger partial charge in [0.15, 0.2) is 0 Å². The van der Waals surface area contributed by atoms with Crippen LogP contribution in [0.4, 0.5) is 5.69 Å². The van der Waals surface area contributed by atoms with Crippen LogP contribution in [-0.2, 0) is 6.61 Å². The second-order valence-electron chi connectivity index (χ2n) is 3.53. The van der Waals surface area contributed by atoms with Crippen LogP contribution >= 0.6 is 0 Å². The van der Waals surface area contributed by atoms with Gasteiger partial charge in [0.05, 0.1) is 6.61 Å². The lowest BCUT2D eigenvalue weighted by Crippen LogP contribution is -2.25. The van der Waals surface area contributed by atoms with Crippen molar-refractivity contribution in [2.45, 2.75) is 26.5 Å². The SMILES string of the molecule is CC(C)N(C)c1ccc(CO)cc1. The Balaban J connectivity index is 2.79. The molecule has 1 rings (SSSR count). The summed E-state index contributed by atoms with van der Waals surface area (Å²) >= 11 is 0. The molecule has 1 N–H and O–H groups in total. The average Bonchev–Trinajstić information content (AvgIpc) is 2.17. The monoisotopic (exact) mass is 179 g/mol. The first-order chi connectivity index (χ1) is 6.15. The average molecular weight is 179 g/mol. The summed E-state index contributed by atoms with van der Waals surface area (Å²) in [7, 11) is 2.07. The van der Waals surface area contributed by atoms with Crippen molar-refractivity contribution >= 4 is 5.69 Å². The van der Waals surface area contributed by atoms with Crippen LogP contribution in [0.1, 0.15) is 19.4 Å². The molecule has 0 bridgehead atoms. The van der Waals surface area contributed by atoms with Crippen LogP contribution in [0.15, 0.2) is 24.3 Å². The predicted molar refractivity (Wildman–Crippen MR) is 55.9 cm³/mol. The van der Waals surface area contributed by atoms with Crippen molar-refractivity contribution in [3.63, 3.8) is 0 Å². The number of hydrogen-bond donors (Lipinski definition) is 1. The summed E-state index contributed by atoms with van der Waals surface area (Å²) < 4.78 is 0. The molecule has 72 valence electrons. The smallest absolute Gasteiger partial charge is 0.0681 e. The number of hydrogen-bond acceptors (Lipinski definition) is 2. The minimum absolute atomic E-state index is 0.117. The van der Waals surface area contributed by atoms with Gasteiger partial charge < -0.3 is 10.0 Å². The summed E-state index contributed by atoms with van der Waals surface area (Å²) in [5.74, 6) is 0. The van der Waals surface area contributed by atoms with Crippen molar-refractivity contribution in [3.05, 3.63) is 29.8 Å². The normalized spacial score (nSPS) is 10.5. The molecule has 0 spiro atoms. The second-order valence-corrected chi connectivity index (χ2v) is 3.53. The van der Waals surface area contributed by atoms with Crippen LogP contribution < -0.4 is 4.90 Å². The van der Waals surface area contributed by atoms with E-state index >= 15 is 0 Å². The van der Waals surface area contributed by atoms with E-state index in [-0.39, 0.29) is 6.61 Å². The van der Waals surface area contributed by atoms with Crippen molar-refractivity contribution in [2.24, 2.45) is 0 Å². The molecule has 13 heavy (non-hydrogen) atoms. The van der Waals surface area contributed by atoms with Crippen molar-refractivity contribution in [3.8, 4) is 0 Å². The van der Waals surface area contributed by atoms with Crippen LogP contribution in [-0.4, -0.2) is 18.2 Å². The third-order valence-corrected chi connectivity index (χ3v) is 2.30. The highest BCUT2D eigenvalue weighted by Crippen LogP contribution is 2.15. The molecule has 0 atom stereocenters. The molecule has 1 aromatic carbocycles. The summed E-state index contributed by atoms with van der Waals surface area (Å²) in [5.41, 5.74) is 2.15. The van der Waals surface area contributed by atoms with E-state index in [4.69, 9.17) is 5.11 Å². The van der Waals surface area contributed by atoms with Crippen molar-refractivity contribution in [1.82, 2.24) is 0 Å². The van der Waals surface area contributed by atoms with Crippen LogP contribution in [0.2, 0.25) is 0 Å². The summed E-state index contributed by atoms with van der Waals surface area (Å²) in [6.45, 7) is 4.42. The highest BCUT2D eigenvalue weighted by atomic mass is 16.3. The third-order valence-electron chi connectivity index (χ3n) is 2.30. The maximum atomic E-state index is 8.86. The topological polar surface area (TPSA) is 23.5 Å². The van der Waals surface area contributed by atoms with Crippen LogP contribution in [0.5, 0.6) is 0 Å². The highest BCUT2D eigenvalue weighted by molar-refractivity contribution is 5.47. The van der Waals surface area contributed by atoms with Crippen molar-refractivity contribution in [2.75, 3.05) is 11.9 Å². The van der Waals surface area contributed by atoms with Gasteiger partial charge in [-0.2, -0.15) is 0 Å². The molecule has 0 fully saturated rings. The molecule has 0 saturated carbocycles. The summed E-state index contributed by atoms with van der Waals surface area (Å²) in [5, 5.41) is 8.86. The molecule has 0 aliphatic rings. The summed E-state index contributed by atoms with van der Waals surface area (Å²) in [4.78, 5) is 2.20. The van der Waals surface area contributed by atoms with E-state index in [1.165, 1.54) is 5.69 Å². The first-order valence-corrected chi connectivity index (χ1v) is 4.57. The van der Waals surface area contributed by atoms with E-state index in [1.54, 1.807) is 0 Å². The van der Waals surface area contributed by atoms with E-state index < -0.39 is 0 Å². The minimum Gasteiger partial charge on any atom is -0.392 e. The number of anilines is 1. The van der Waals surface area contributed by atoms with Crippen LogP contribution in [0.3, 0.4) is 0 Å². The Bertz CT molecular complexity index is 253. The molecule has 0 saturated heterocycles. The van der Waals surface area contributed by atoms with Gasteiger partial charge in [-0.1, -0.05) is 12.1 Å². The second kappa shape index (κ2) is 4.28. The Morgan fingerprint density at radius 2 is 1.77 bits per heavy atom. The molecule has 2 heteroatoms. The van der Waals surface area contributed by atoms with Gasteiger partial charge in [-0.05, 0) is 31.5 Å². The predicted octanol–water partition coefficient (Wildman–Crippen LogP) is 2.02. The number of nitrogens with zero attached hydrogens (tertiary/aromatic N) is 1. The van der Waals surface area contributed by atoms with Crippen molar-refractivity contribution in [1.29, 1.82) is 0 Å². The van der Waals surface area contributed by atoms with Gasteiger partial charge in [0.25, 0.3) is 0 Å².